The van der Waals surface area contributed by atoms with Crippen LogP contribution in [-0.4, -0.2) is 33.3 Å². The molecule has 19 heavy (non-hydrogen) atoms. The van der Waals surface area contributed by atoms with E-state index in [1.165, 1.54) is 6.42 Å². The SMILES string of the molecule is Cc1n[nH]c(C)c1-c1cncc(CC2CCNC2)n1. The zero-order valence-electron chi connectivity index (χ0n) is 11.4. The molecule has 1 atom stereocenters. The lowest BCUT2D eigenvalue weighted by molar-refractivity contribution is 0.570. The van der Waals surface area contributed by atoms with Crippen molar-refractivity contribution in [2.24, 2.45) is 5.92 Å². The van der Waals surface area contributed by atoms with Gasteiger partial charge in [-0.05, 0) is 45.7 Å². The van der Waals surface area contributed by atoms with Crippen molar-refractivity contribution in [2.75, 3.05) is 13.1 Å². The first-order chi connectivity index (χ1) is 9.24. The average Bonchev–Trinajstić information content (AvgIpc) is 3.00. The molecule has 100 valence electrons. The third kappa shape index (κ3) is 2.51. The highest BCUT2D eigenvalue weighted by molar-refractivity contribution is 5.63. The summed E-state index contributed by atoms with van der Waals surface area (Å²) < 4.78 is 0. The molecule has 0 radical (unpaired) electrons. The fourth-order valence-corrected chi connectivity index (χ4v) is 2.74. The van der Waals surface area contributed by atoms with Gasteiger partial charge in [-0.1, -0.05) is 0 Å². The van der Waals surface area contributed by atoms with Crippen molar-refractivity contribution in [3.8, 4) is 11.3 Å². The van der Waals surface area contributed by atoms with Crippen LogP contribution < -0.4 is 5.32 Å². The first kappa shape index (κ1) is 12.3. The van der Waals surface area contributed by atoms with Crippen molar-refractivity contribution < 1.29 is 0 Å². The Kier molecular flexibility index (Phi) is 3.29. The molecule has 0 spiro atoms. The normalized spacial score (nSPS) is 18.9. The van der Waals surface area contributed by atoms with E-state index in [1.54, 1.807) is 0 Å². The van der Waals surface area contributed by atoms with Gasteiger partial charge in [-0.25, -0.2) is 4.98 Å². The van der Waals surface area contributed by atoms with Crippen LogP contribution >= 0.6 is 0 Å². The summed E-state index contributed by atoms with van der Waals surface area (Å²) in [7, 11) is 0. The molecular weight excluding hydrogens is 238 g/mol. The van der Waals surface area contributed by atoms with Gasteiger partial charge < -0.3 is 5.32 Å². The minimum Gasteiger partial charge on any atom is -0.316 e. The van der Waals surface area contributed by atoms with Gasteiger partial charge in [-0.3, -0.25) is 10.1 Å². The predicted molar refractivity (Wildman–Crippen MR) is 73.8 cm³/mol. The number of aryl methyl sites for hydroxylation is 2. The zero-order chi connectivity index (χ0) is 13.2. The Hall–Kier alpha value is -1.75. The van der Waals surface area contributed by atoms with Crippen LogP contribution in [0.25, 0.3) is 11.3 Å². The molecule has 0 aliphatic carbocycles. The van der Waals surface area contributed by atoms with Gasteiger partial charge in [0.1, 0.15) is 0 Å². The van der Waals surface area contributed by atoms with Crippen molar-refractivity contribution in [1.29, 1.82) is 0 Å². The van der Waals surface area contributed by atoms with Crippen molar-refractivity contribution >= 4 is 0 Å². The maximum absolute atomic E-state index is 4.75. The fourth-order valence-electron chi connectivity index (χ4n) is 2.74. The van der Waals surface area contributed by atoms with Gasteiger partial charge in [-0.2, -0.15) is 5.10 Å². The van der Waals surface area contributed by atoms with E-state index in [1.807, 2.05) is 26.2 Å². The van der Waals surface area contributed by atoms with E-state index in [-0.39, 0.29) is 0 Å². The van der Waals surface area contributed by atoms with Gasteiger partial charge in [0.05, 0.1) is 23.3 Å². The summed E-state index contributed by atoms with van der Waals surface area (Å²) in [5.74, 6) is 0.691. The molecule has 2 aromatic heterocycles. The summed E-state index contributed by atoms with van der Waals surface area (Å²) in [4.78, 5) is 9.09. The summed E-state index contributed by atoms with van der Waals surface area (Å²) in [6, 6.07) is 0. The highest BCUT2D eigenvalue weighted by Crippen LogP contribution is 2.23. The van der Waals surface area contributed by atoms with Gasteiger partial charge in [0.15, 0.2) is 0 Å². The molecule has 1 fully saturated rings. The number of H-pyrrole nitrogens is 1. The average molecular weight is 257 g/mol. The standard InChI is InChI=1S/C14H19N5/c1-9-14(10(2)19-18-9)13-8-16-7-12(17-13)5-11-3-4-15-6-11/h7-8,11,15H,3-6H2,1-2H3,(H,18,19). The molecule has 0 saturated carbocycles. The Labute approximate surface area is 112 Å². The van der Waals surface area contributed by atoms with E-state index in [0.717, 1.165) is 47.8 Å². The van der Waals surface area contributed by atoms with Gasteiger partial charge in [0.25, 0.3) is 0 Å². The number of rotatable bonds is 3. The molecule has 1 saturated heterocycles. The largest absolute Gasteiger partial charge is 0.316 e. The molecule has 0 bridgehead atoms. The second-order valence-corrected chi connectivity index (χ2v) is 5.27. The van der Waals surface area contributed by atoms with E-state index in [4.69, 9.17) is 4.98 Å². The van der Waals surface area contributed by atoms with E-state index in [2.05, 4.69) is 20.5 Å². The van der Waals surface area contributed by atoms with Crippen molar-refractivity contribution in [1.82, 2.24) is 25.5 Å². The van der Waals surface area contributed by atoms with Crippen LogP contribution in [0.15, 0.2) is 12.4 Å². The lowest BCUT2D eigenvalue weighted by Crippen LogP contribution is -2.11. The van der Waals surface area contributed by atoms with Crippen LogP contribution in [0.4, 0.5) is 0 Å². The molecule has 1 aliphatic heterocycles. The molecule has 0 amide bonds. The summed E-state index contributed by atoms with van der Waals surface area (Å²) in [5.41, 5.74) is 5.11. The third-order valence-corrected chi connectivity index (χ3v) is 3.73. The van der Waals surface area contributed by atoms with Crippen molar-refractivity contribution in [3.63, 3.8) is 0 Å². The third-order valence-electron chi connectivity index (χ3n) is 3.73. The monoisotopic (exact) mass is 257 g/mol. The van der Waals surface area contributed by atoms with E-state index >= 15 is 0 Å². The molecule has 1 unspecified atom stereocenters. The number of nitrogens with one attached hydrogen (secondary N) is 2. The van der Waals surface area contributed by atoms with Gasteiger partial charge in [0, 0.05) is 17.5 Å². The molecule has 0 aromatic carbocycles. The first-order valence-corrected chi connectivity index (χ1v) is 6.77. The van der Waals surface area contributed by atoms with Crippen molar-refractivity contribution in [3.05, 3.63) is 29.5 Å². The Morgan fingerprint density at radius 2 is 2.21 bits per heavy atom. The highest BCUT2D eigenvalue weighted by Gasteiger charge is 2.17. The molecular formula is C14H19N5. The minimum absolute atomic E-state index is 0.691. The number of hydrogen-bond acceptors (Lipinski definition) is 4. The lowest BCUT2D eigenvalue weighted by Gasteiger charge is -2.08. The Morgan fingerprint density at radius 3 is 2.89 bits per heavy atom. The van der Waals surface area contributed by atoms with E-state index in [9.17, 15) is 0 Å². The number of aromatic nitrogens is 4. The topological polar surface area (TPSA) is 66.5 Å². The number of aromatic amines is 1. The minimum atomic E-state index is 0.691. The fraction of sp³-hybridized carbons (Fsp3) is 0.500. The molecule has 2 aromatic rings. The van der Waals surface area contributed by atoms with Gasteiger partial charge in [0.2, 0.25) is 0 Å². The summed E-state index contributed by atoms with van der Waals surface area (Å²) in [5, 5.41) is 10.6. The molecule has 5 nitrogen and oxygen atoms in total. The Bertz CT molecular complexity index is 549. The Balaban J connectivity index is 1.87. The summed E-state index contributed by atoms with van der Waals surface area (Å²) in [6.45, 7) is 6.23. The number of hydrogen-bond donors (Lipinski definition) is 2. The first-order valence-electron chi connectivity index (χ1n) is 6.77. The van der Waals surface area contributed by atoms with Crippen LogP contribution in [-0.2, 0) is 6.42 Å². The number of nitrogens with zero attached hydrogens (tertiary/aromatic N) is 3. The van der Waals surface area contributed by atoms with Crippen molar-refractivity contribution in [2.45, 2.75) is 26.7 Å². The maximum Gasteiger partial charge on any atom is 0.0925 e. The molecule has 2 N–H and O–H groups in total. The molecule has 5 heteroatoms. The van der Waals surface area contributed by atoms with Crippen LogP contribution in [0.1, 0.15) is 23.5 Å². The molecule has 3 rings (SSSR count). The summed E-state index contributed by atoms with van der Waals surface area (Å²) in [6.07, 6.45) is 5.94. The van der Waals surface area contributed by atoms with Crippen LogP contribution in [0.5, 0.6) is 0 Å². The van der Waals surface area contributed by atoms with E-state index in [0.29, 0.717) is 5.92 Å². The molecule has 3 heterocycles. The zero-order valence-corrected chi connectivity index (χ0v) is 11.4. The second kappa shape index (κ2) is 5.09. The predicted octanol–water partition coefficient (Wildman–Crippen LogP) is 1.64. The highest BCUT2D eigenvalue weighted by atomic mass is 15.1. The van der Waals surface area contributed by atoms with Crippen LogP contribution in [0.2, 0.25) is 0 Å². The smallest absolute Gasteiger partial charge is 0.0925 e. The Morgan fingerprint density at radius 1 is 1.32 bits per heavy atom. The second-order valence-electron chi connectivity index (χ2n) is 5.27. The summed E-state index contributed by atoms with van der Waals surface area (Å²) >= 11 is 0. The lowest BCUT2D eigenvalue weighted by atomic mass is 10.0. The van der Waals surface area contributed by atoms with Gasteiger partial charge >= 0.3 is 0 Å². The maximum atomic E-state index is 4.75. The quantitative estimate of drug-likeness (QED) is 0.877. The van der Waals surface area contributed by atoms with Gasteiger partial charge in [-0.15, -0.1) is 0 Å². The van der Waals surface area contributed by atoms with Crippen LogP contribution in [0, 0.1) is 19.8 Å². The van der Waals surface area contributed by atoms with E-state index < -0.39 is 0 Å². The van der Waals surface area contributed by atoms with Crippen LogP contribution in [0.3, 0.4) is 0 Å². The molecule has 1 aliphatic rings.